The monoisotopic (exact) mass is 458 g/mol. The molecule has 0 bridgehead atoms. The van der Waals surface area contributed by atoms with Gasteiger partial charge in [-0.3, -0.25) is 4.79 Å². The third-order valence-electron chi connectivity index (χ3n) is 5.64. The first-order valence-electron chi connectivity index (χ1n) is 11.5. The second-order valence-corrected chi connectivity index (χ2v) is 8.84. The second kappa shape index (κ2) is 11.6. The van der Waals surface area contributed by atoms with Crippen LogP contribution in [0.4, 0.5) is 5.69 Å². The molecule has 0 unspecified atom stereocenters. The average molecular weight is 459 g/mol. The Kier molecular flexibility index (Phi) is 8.06. The highest BCUT2D eigenvalue weighted by Crippen LogP contribution is 2.25. The molecule has 6 heteroatoms. The summed E-state index contributed by atoms with van der Waals surface area (Å²) in [5, 5.41) is 7.27. The number of hydrogen-bond acceptors (Lipinski definition) is 4. The third-order valence-corrected chi connectivity index (χ3v) is 6.50. The fourth-order valence-electron chi connectivity index (χ4n) is 3.87. The summed E-state index contributed by atoms with van der Waals surface area (Å²) in [4.78, 5) is 18.9. The highest BCUT2D eigenvalue weighted by atomic mass is 32.1. The zero-order valence-corrected chi connectivity index (χ0v) is 19.6. The lowest BCUT2D eigenvalue weighted by Crippen LogP contribution is -2.30. The zero-order valence-electron chi connectivity index (χ0n) is 18.7. The Morgan fingerprint density at radius 3 is 2.58 bits per heavy atom. The van der Waals surface area contributed by atoms with Crippen LogP contribution in [0.25, 0.3) is 10.8 Å². The number of amides is 1. The van der Waals surface area contributed by atoms with E-state index in [1.165, 1.54) is 16.9 Å². The van der Waals surface area contributed by atoms with Crippen LogP contribution in [-0.2, 0) is 13.0 Å². The Labute approximate surface area is 198 Å². The number of nitrogens with one attached hydrogen (secondary N) is 1. The molecule has 0 atom stereocenters. The minimum atomic E-state index is -0.0552. The first-order chi connectivity index (χ1) is 16.3. The maximum atomic E-state index is 13.0. The van der Waals surface area contributed by atoms with Gasteiger partial charge in [0.2, 0.25) is 0 Å². The number of nitrogens with zero attached hydrogens (tertiary/aromatic N) is 2. The summed E-state index contributed by atoms with van der Waals surface area (Å²) in [7, 11) is 0. The number of benzene rings is 3. The number of hydrogen-bond donors (Lipinski definition) is 2. The van der Waals surface area contributed by atoms with E-state index < -0.39 is 0 Å². The van der Waals surface area contributed by atoms with Gasteiger partial charge in [0.25, 0.3) is 5.91 Å². The smallest absolute Gasteiger partial charge is 0.268 e. The minimum Gasteiger partial charge on any atom is -0.350 e. The van der Waals surface area contributed by atoms with Crippen LogP contribution in [0.15, 0.2) is 83.2 Å². The lowest BCUT2D eigenvalue weighted by atomic mass is 10.1. The van der Waals surface area contributed by atoms with E-state index in [4.69, 9.17) is 10.7 Å². The molecule has 1 amide bonds. The molecule has 1 heterocycles. The molecule has 33 heavy (non-hydrogen) atoms. The van der Waals surface area contributed by atoms with Gasteiger partial charge in [-0.15, -0.1) is 11.3 Å². The Morgan fingerprint density at radius 1 is 0.939 bits per heavy atom. The summed E-state index contributed by atoms with van der Waals surface area (Å²) in [5.74, 6) is -0.0552. The van der Waals surface area contributed by atoms with Crippen molar-refractivity contribution in [3.05, 3.63) is 94.2 Å². The summed E-state index contributed by atoms with van der Waals surface area (Å²) >= 11 is 1.51. The molecule has 0 saturated carbocycles. The molecule has 0 aliphatic rings. The molecule has 0 spiro atoms. The third kappa shape index (κ3) is 5.97. The molecule has 170 valence electrons. The summed E-state index contributed by atoms with van der Waals surface area (Å²) in [6.07, 6.45) is 3.78. The van der Waals surface area contributed by atoms with Crippen LogP contribution in [0.1, 0.15) is 35.3 Å². The van der Waals surface area contributed by atoms with Crippen molar-refractivity contribution >= 4 is 33.7 Å². The highest BCUT2D eigenvalue weighted by Gasteiger charge is 2.14. The Hall–Kier alpha value is -3.22. The standard InChI is InChI=1S/C27H30N4OS/c28-17-7-2-8-19-31-25(26(32)29-18-16-21-10-3-1-4-11-21)20-33-27(31)30-24-15-9-13-22-12-5-6-14-23(22)24/h1,3-6,9-15,20H,2,7-8,16-19,28H2,(H,29,32). The lowest BCUT2D eigenvalue weighted by Gasteiger charge is -2.10. The van der Waals surface area contributed by atoms with Crippen molar-refractivity contribution in [3.8, 4) is 0 Å². The van der Waals surface area contributed by atoms with Gasteiger partial charge in [-0.25, -0.2) is 4.99 Å². The molecule has 1 aromatic heterocycles. The number of carbonyl (C=O) groups excluding carboxylic acids is 1. The molecule has 4 rings (SSSR count). The van der Waals surface area contributed by atoms with Crippen LogP contribution in [-0.4, -0.2) is 23.6 Å². The van der Waals surface area contributed by atoms with Gasteiger partial charge in [-0.2, -0.15) is 0 Å². The number of rotatable bonds is 10. The van der Waals surface area contributed by atoms with Crippen molar-refractivity contribution < 1.29 is 4.79 Å². The van der Waals surface area contributed by atoms with Crippen LogP contribution in [0.2, 0.25) is 0 Å². The van der Waals surface area contributed by atoms with E-state index in [-0.39, 0.29) is 5.91 Å². The topological polar surface area (TPSA) is 72.4 Å². The van der Waals surface area contributed by atoms with Gasteiger partial charge < -0.3 is 15.6 Å². The van der Waals surface area contributed by atoms with E-state index in [0.717, 1.165) is 53.5 Å². The highest BCUT2D eigenvalue weighted by molar-refractivity contribution is 7.07. The Balaban J connectivity index is 1.59. The predicted octanol–water partition coefficient (Wildman–Crippen LogP) is 5.04. The van der Waals surface area contributed by atoms with Crippen molar-refractivity contribution in [2.75, 3.05) is 13.1 Å². The first-order valence-corrected chi connectivity index (χ1v) is 12.4. The Bertz CT molecular complexity index is 1250. The fourth-order valence-corrected chi connectivity index (χ4v) is 4.79. The lowest BCUT2D eigenvalue weighted by molar-refractivity contribution is 0.0944. The molecule has 3 N–H and O–H groups in total. The van der Waals surface area contributed by atoms with Gasteiger partial charge in [-0.1, -0.05) is 73.2 Å². The normalized spacial score (nSPS) is 11.7. The van der Waals surface area contributed by atoms with E-state index in [0.29, 0.717) is 18.8 Å². The van der Waals surface area contributed by atoms with Crippen LogP contribution >= 0.6 is 11.3 Å². The van der Waals surface area contributed by atoms with Crippen molar-refractivity contribution in [2.45, 2.75) is 32.2 Å². The van der Waals surface area contributed by atoms with Gasteiger partial charge >= 0.3 is 0 Å². The van der Waals surface area contributed by atoms with Crippen LogP contribution in [0, 0.1) is 0 Å². The summed E-state index contributed by atoms with van der Waals surface area (Å²) in [6, 6.07) is 24.6. The number of unbranched alkanes of at least 4 members (excludes halogenated alkanes) is 2. The molecule has 0 aliphatic carbocycles. The predicted molar refractivity (Wildman–Crippen MR) is 137 cm³/mol. The first kappa shape index (κ1) is 23.0. The molecule has 0 radical (unpaired) electrons. The van der Waals surface area contributed by atoms with E-state index >= 15 is 0 Å². The number of nitrogens with two attached hydrogens (primary N) is 1. The molecule has 0 saturated heterocycles. The SMILES string of the molecule is NCCCCCn1c(C(=O)NCCc2ccccc2)csc1=Nc1cccc2ccccc12. The van der Waals surface area contributed by atoms with Crippen molar-refractivity contribution in [1.29, 1.82) is 0 Å². The Morgan fingerprint density at radius 2 is 1.73 bits per heavy atom. The number of carbonyl (C=O) groups is 1. The molecule has 4 aromatic rings. The van der Waals surface area contributed by atoms with Gasteiger partial charge in [0.1, 0.15) is 5.69 Å². The number of fused-ring (bicyclic) bond motifs is 1. The maximum absolute atomic E-state index is 13.0. The summed E-state index contributed by atoms with van der Waals surface area (Å²) in [5.41, 5.74) is 8.46. The van der Waals surface area contributed by atoms with E-state index in [1.54, 1.807) is 0 Å². The summed E-state index contributed by atoms with van der Waals surface area (Å²) < 4.78 is 2.06. The quantitative estimate of drug-likeness (QED) is 0.327. The second-order valence-electron chi connectivity index (χ2n) is 8.01. The zero-order chi connectivity index (χ0) is 22.9. The average Bonchev–Trinajstić information content (AvgIpc) is 3.25. The maximum Gasteiger partial charge on any atom is 0.268 e. The minimum absolute atomic E-state index is 0.0552. The van der Waals surface area contributed by atoms with Crippen molar-refractivity contribution in [2.24, 2.45) is 10.7 Å². The molecule has 5 nitrogen and oxygen atoms in total. The fraction of sp³-hybridized carbons (Fsp3) is 0.259. The molecule has 3 aromatic carbocycles. The molecular formula is C27H30N4OS. The number of aromatic nitrogens is 1. The largest absolute Gasteiger partial charge is 0.350 e. The number of thiazole rings is 1. The van der Waals surface area contributed by atoms with Crippen LogP contribution in [0.3, 0.4) is 0 Å². The van der Waals surface area contributed by atoms with E-state index in [1.807, 2.05) is 47.8 Å². The van der Waals surface area contributed by atoms with Gasteiger partial charge in [0.15, 0.2) is 4.80 Å². The summed E-state index contributed by atoms with van der Waals surface area (Å²) in [6.45, 7) is 2.03. The van der Waals surface area contributed by atoms with Crippen LogP contribution in [0.5, 0.6) is 0 Å². The molecular weight excluding hydrogens is 428 g/mol. The van der Waals surface area contributed by atoms with E-state index in [9.17, 15) is 4.79 Å². The molecule has 0 fully saturated rings. The van der Waals surface area contributed by atoms with Gasteiger partial charge in [-0.05, 0) is 42.8 Å². The van der Waals surface area contributed by atoms with Crippen molar-refractivity contribution in [1.82, 2.24) is 9.88 Å². The van der Waals surface area contributed by atoms with E-state index in [2.05, 4.69) is 40.2 Å². The van der Waals surface area contributed by atoms with Crippen LogP contribution < -0.4 is 15.9 Å². The van der Waals surface area contributed by atoms with Gasteiger partial charge in [0, 0.05) is 23.9 Å². The van der Waals surface area contributed by atoms with Gasteiger partial charge in [0.05, 0.1) is 5.69 Å². The molecule has 0 aliphatic heterocycles. The van der Waals surface area contributed by atoms with Crippen molar-refractivity contribution in [3.63, 3.8) is 0 Å².